The molecule has 2 aromatic rings. The van der Waals surface area contributed by atoms with Crippen LogP contribution in [0.1, 0.15) is 41.3 Å². The van der Waals surface area contributed by atoms with Crippen molar-refractivity contribution in [3.63, 3.8) is 0 Å². The number of ketones is 1. The Kier molecular flexibility index (Phi) is 6.32. The number of carbonyl (C=O) groups excluding carboxylic acids is 2. The second-order valence-electron chi connectivity index (χ2n) is 7.76. The number of carbonyl (C=O) groups is 2. The van der Waals surface area contributed by atoms with E-state index in [2.05, 4.69) is 21.1 Å². The lowest BCUT2D eigenvalue weighted by Gasteiger charge is -2.27. The fraction of sp³-hybridized carbons (Fsp3) is 0.364. The van der Waals surface area contributed by atoms with Gasteiger partial charge in [-0.3, -0.25) is 9.59 Å². The van der Waals surface area contributed by atoms with Crippen molar-refractivity contribution in [2.75, 3.05) is 27.7 Å². The first-order valence-corrected chi connectivity index (χ1v) is 8.88. The molecule has 0 aliphatic carbocycles. The zero-order valence-electron chi connectivity index (χ0n) is 16.2. The van der Waals surface area contributed by atoms with E-state index in [-0.39, 0.29) is 17.9 Å². The predicted molar refractivity (Wildman–Crippen MR) is 103 cm³/mol. The van der Waals surface area contributed by atoms with E-state index in [1.807, 2.05) is 44.2 Å². The molecule has 0 saturated carbocycles. The lowest BCUT2D eigenvalue weighted by atomic mass is 9.96. The zero-order valence-corrected chi connectivity index (χ0v) is 16.2. The van der Waals surface area contributed by atoms with E-state index in [1.165, 1.54) is 0 Å². The van der Waals surface area contributed by atoms with Gasteiger partial charge in [0, 0.05) is 11.1 Å². The molecule has 2 unspecified atom stereocenters. The van der Waals surface area contributed by atoms with Gasteiger partial charge in [-0.15, -0.1) is 0 Å². The summed E-state index contributed by atoms with van der Waals surface area (Å²) >= 11 is 0. The van der Waals surface area contributed by atoms with Gasteiger partial charge in [-0.25, -0.2) is 0 Å². The number of nitrogens with zero attached hydrogens (tertiary/aromatic N) is 1. The van der Waals surface area contributed by atoms with Gasteiger partial charge in [0.25, 0.3) is 0 Å². The second-order valence-corrected chi connectivity index (χ2v) is 7.76. The lowest BCUT2D eigenvalue weighted by Crippen LogP contribution is -2.42. The lowest BCUT2D eigenvalue weighted by molar-refractivity contribution is -0.873. The van der Waals surface area contributed by atoms with E-state index < -0.39 is 5.92 Å². The highest BCUT2D eigenvalue weighted by molar-refractivity contribution is 6.09. The molecule has 2 aromatic carbocycles. The minimum Gasteiger partial charge on any atom is -0.456 e. The monoisotopic (exact) mass is 354 g/mol. The summed E-state index contributed by atoms with van der Waals surface area (Å²) in [6.07, 6.45) is -0.168. The van der Waals surface area contributed by atoms with Crippen LogP contribution in [-0.2, 0) is 9.53 Å². The maximum absolute atomic E-state index is 12.6. The molecule has 0 fully saturated rings. The summed E-state index contributed by atoms with van der Waals surface area (Å²) in [5.41, 5.74) is 2.00. The molecule has 0 radical (unpaired) electrons. The van der Waals surface area contributed by atoms with Gasteiger partial charge in [0.05, 0.1) is 27.1 Å². The van der Waals surface area contributed by atoms with Crippen molar-refractivity contribution in [1.82, 2.24) is 0 Å². The largest absolute Gasteiger partial charge is 0.456 e. The van der Waals surface area contributed by atoms with Gasteiger partial charge < -0.3 is 9.22 Å². The number of likely N-dealkylation sites (N-methyl/N-ethyl adjacent to an activating group) is 1. The molecule has 0 aliphatic heterocycles. The van der Waals surface area contributed by atoms with E-state index >= 15 is 0 Å². The number of hydrogen-bond donors (Lipinski definition) is 0. The molecule has 0 aromatic heterocycles. The smallest absolute Gasteiger partial charge is 0.313 e. The number of hydrogen-bond acceptors (Lipinski definition) is 3. The van der Waals surface area contributed by atoms with E-state index in [1.54, 1.807) is 24.3 Å². The van der Waals surface area contributed by atoms with Gasteiger partial charge in [0.15, 0.2) is 5.78 Å². The van der Waals surface area contributed by atoms with Crippen molar-refractivity contribution >= 4 is 11.8 Å². The molecule has 0 saturated heterocycles. The van der Waals surface area contributed by atoms with Crippen LogP contribution in [0.25, 0.3) is 0 Å². The molecule has 0 spiro atoms. The van der Waals surface area contributed by atoms with Crippen molar-refractivity contribution < 1.29 is 18.8 Å². The Morgan fingerprint density at radius 3 is 2.15 bits per heavy atom. The van der Waals surface area contributed by atoms with Crippen LogP contribution in [0.4, 0.5) is 0 Å². The summed E-state index contributed by atoms with van der Waals surface area (Å²) in [7, 11) is 6.19. The van der Waals surface area contributed by atoms with Crippen LogP contribution in [0.3, 0.4) is 0 Å². The Bertz CT molecular complexity index is 762. The molecule has 138 valence electrons. The van der Waals surface area contributed by atoms with Gasteiger partial charge in [-0.2, -0.15) is 0 Å². The topological polar surface area (TPSA) is 43.4 Å². The normalized spacial score (nSPS) is 13.7. The molecule has 4 heteroatoms. The summed E-state index contributed by atoms with van der Waals surface area (Å²) < 4.78 is 6.31. The Hall–Kier alpha value is -2.46. The molecular weight excluding hydrogens is 326 g/mol. The van der Waals surface area contributed by atoms with E-state index in [4.69, 9.17) is 4.74 Å². The van der Waals surface area contributed by atoms with Crippen LogP contribution in [0.2, 0.25) is 0 Å². The van der Waals surface area contributed by atoms with Gasteiger partial charge in [-0.1, -0.05) is 48.5 Å². The van der Waals surface area contributed by atoms with Crippen LogP contribution >= 0.6 is 0 Å². The second kappa shape index (κ2) is 8.28. The number of esters is 1. The molecule has 0 bridgehead atoms. The highest BCUT2D eigenvalue weighted by atomic mass is 16.5. The molecule has 0 aliphatic rings. The number of quaternary nitrogens is 1. The van der Waals surface area contributed by atoms with Crippen LogP contribution in [0, 0.1) is 0 Å². The average Bonchev–Trinajstić information content (AvgIpc) is 2.59. The third kappa shape index (κ3) is 5.53. The highest BCUT2D eigenvalue weighted by Crippen LogP contribution is 2.21. The summed E-state index contributed by atoms with van der Waals surface area (Å²) in [6.45, 7) is 4.46. The molecule has 2 atom stereocenters. The predicted octanol–water partition coefficient (Wildman–Crippen LogP) is 3.66. The van der Waals surface area contributed by atoms with Gasteiger partial charge in [-0.05, 0) is 25.5 Å². The molecule has 0 N–H and O–H groups in total. The van der Waals surface area contributed by atoms with Crippen LogP contribution in [-0.4, -0.2) is 50.0 Å². The maximum atomic E-state index is 12.6. The Labute approximate surface area is 156 Å². The standard InChI is InChI=1S/C22H28NO3/c1-16(15-23(3,4)5)26-22(25)17(2)19-12-9-13-20(14-19)21(24)18-10-7-6-8-11-18/h6-14,16-17H,15H2,1-5H3/q+1. The minimum atomic E-state index is -0.423. The molecule has 2 rings (SSSR count). The molecule has 0 heterocycles. The van der Waals surface area contributed by atoms with E-state index in [0.29, 0.717) is 11.1 Å². The van der Waals surface area contributed by atoms with Gasteiger partial charge in [0.2, 0.25) is 0 Å². The Balaban J connectivity index is 2.11. The van der Waals surface area contributed by atoms with Crippen LogP contribution in [0.5, 0.6) is 0 Å². The first-order chi connectivity index (χ1) is 12.2. The zero-order chi connectivity index (χ0) is 19.3. The maximum Gasteiger partial charge on any atom is 0.313 e. The van der Waals surface area contributed by atoms with Gasteiger partial charge in [0.1, 0.15) is 12.6 Å². The summed E-state index contributed by atoms with van der Waals surface area (Å²) in [5, 5.41) is 0. The first-order valence-electron chi connectivity index (χ1n) is 8.88. The first kappa shape index (κ1) is 19.9. The van der Waals surface area contributed by atoms with Crippen molar-refractivity contribution in [2.45, 2.75) is 25.9 Å². The van der Waals surface area contributed by atoms with E-state index in [9.17, 15) is 9.59 Å². The quantitative estimate of drug-likeness (QED) is 0.433. The van der Waals surface area contributed by atoms with Crippen molar-refractivity contribution in [3.05, 3.63) is 71.3 Å². The summed E-state index contributed by atoms with van der Waals surface area (Å²) in [6, 6.07) is 16.4. The van der Waals surface area contributed by atoms with Gasteiger partial charge >= 0.3 is 5.97 Å². The number of rotatable bonds is 7. The number of benzene rings is 2. The fourth-order valence-corrected chi connectivity index (χ4v) is 2.95. The molecular formula is C22H28NO3+. The summed E-state index contributed by atoms with van der Waals surface area (Å²) in [5.74, 6) is -0.741. The Morgan fingerprint density at radius 2 is 1.54 bits per heavy atom. The average molecular weight is 354 g/mol. The van der Waals surface area contributed by atoms with Crippen LogP contribution in [0.15, 0.2) is 54.6 Å². The SMILES string of the molecule is CC(C[N+](C)(C)C)OC(=O)C(C)c1cccc(C(=O)c2ccccc2)c1. The molecule has 0 amide bonds. The van der Waals surface area contributed by atoms with Crippen molar-refractivity contribution in [2.24, 2.45) is 0 Å². The molecule has 4 nitrogen and oxygen atoms in total. The van der Waals surface area contributed by atoms with Crippen molar-refractivity contribution in [1.29, 1.82) is 0 Å². The van der Waals surface area contributed by atoms with E-state index in [0.717, 1.165) is 16.6 Å². The third-order valence-electron chi connectivity index (χ3n) is 4.16. The molecule has 26 heavy (non-hydrogen) atoms. The van der Waals surface area contributed by atoms with Crippen molar-refractivity contribution in [3.8, 4) is 0 Å². The van der Waals surface area contributed by atoms with Crippen LogP contribution < -0.4 is 0 Å². The highest BCUT2D eigenvalue weighted by Gasteiger charge is 2.23. The minimum absolute atomic E-state index is 0.0496. The summed E-state index contributed by atoms with van der Waals surface area (Å²) in [4.78, 5) is 25.1. The Morgan fingerprint density at radius 1 is 0.923 bits per heavy atom. The third-order valence-corrected chi connectivity index (χ3v) is 4.16. The fourth-order valence-electron chi connectivity index (χ4n) is 2.95. The number of ether oxygens (including phenoxy) is 1.